The van der Waals surface area contributed by atoms with Crippen LogP contribution in [-0.2, 0) is 20.7 Å². The first-order valence-electron chi connectivity index (χ1n) is 10.0. The average Bonchev–Trinajstić information content (AvgIpc) is 2.63. The summed E-state index contributed by atoms with van der Waals surface area (Å²) in [5.74, 6) is -1.32. The lowest BCUT2D eigenvalue weighted by Gasteiger charge is -2.16. The Morgan fingerprint density at radius 1 is 0.933 bits per heavy atom. The predicted molar refractivity (Wildman–Crippen MR) is 109 cm³/mol. The van der Waals surface area contributed by atoms with Crippen LogP contribution in [0.1, 0.15) is 58.9 Å². The number of hydrogen-bond donors (Lipinski definition) is 2. The van der Waals surface area contributed by atoms with Crippen LogP contribution in [-0.4, -0.2) is 41.6 Å². The fraction of sp³-hybridized carbons (Fsp3) is 0.571. The van der Waals surface area contributed by atoms with E-state index < -0.39 is 24.3 Å². The van der Waals surface area contributed by atoms with Crippen LogP contribution >= 0.6 is 0 Å². The first-order chi connectivity index (χ1) is 14.2. The maximum Gasteiger partial charge on any atom is 0.514 e. The minimum Gasteiger partial charge on any atom is -0.480 e. The Bertz CT molecular complexity index is 721. The van der Waals surface area contributed by atoms with Gasteiger partial charge in [-0.2, -0.15) is 0 Å². The van der Waals surface area contributed by atoms with Crippen LogP contribution in [0.2, 0.25) is 0 Å². The summed E-state index contributed by atoms with van der Waals surface area (Å²) in [7, 11) is 0. The highest BCUT2D eigenvalue weighted by Crippen LogP contribution is 2.30. The summed E-state index contributed by atoms with van der Waals surface area (Å²) in [6, 6.07) is 3.15. The maximum atomic E-state index is 12.1. The van der Waals surface area contributed by atoms with Gasteiger partial charge in [0, 0.05) is 0 Å². The second-order valence-electron chi connectivity index (χ2n) is 7.07. The fourth-order valence-corrected chi connectivity index (χ4v) is 2.67. The zero-order valence-electron chi connectivity index (χ0n) is 17.9. The van der Waals surface area contributed by atoms with E-state index in [1.165, 1.54) is 18.2 Å². The molecule has 0 aliphatic carbocycles. The fourth-order valence-electron chi connectivity index (χ4n) is 2.67. The number of carboxylic acids is 1. The summed E-state index contributed by atoms with van der Waals surface area (Å²) in [5, 5.41) is 8.99. The number of benzene rings is 1. The average molecular weight is 425 g/mol. The Morgan fingerprint density at radius 3 is 1.90 bits per heavy atom. The minimum absolute atomic E-state index is 0.00869. The van der Waals surface area contributed by atoms with Crippen molar-refractivity contribution in [2.24, 2.45) is 5.73 Å². The number of hydrogen-bond acceptors (Lipinski definition) is 8. The molecule has 0 heterocycles. The molecule has 0 saturated carbocycles. The molecule has 0 aromatic heterocycles. The van der Waals surface area contributed by atoms with Crippen molar-refractivity contribution in [3.63, 3.8) is 0 Å². The number of carbonyl (C=O) groups excluding carboxylic acids is 2. The van der Waals surface area contributed by atoms with Crippen molar-refractivity contribution < 1.29 is 38.4 Å². The van der Waals surface area contributed by atoms with Gasteiger partial charge in [0.25, 0.3) is 0 Å². The molecular weight excluding hydrogens is 394 g/mol. The second kappa shape index (κ2) is 12.7. The lowest BCUT2D eigenvalue weighted by atomic mass is 10.1. The Morgan fingerprint density at radius 2 is 1.43 bits per heavy atom. The summed E-state index contributed by atoms with van der Waals surface area (Å²) >= 11 is 0. The molecule has 1 aromatic carbocycles. The number of ether oxygens (including phenoxy) is 4. The summed E-state index contributed by atoms with van der Waals surface area (Å²) in [4.78, 5) is 35.1. The van der Waals surface area contributed by atoms with E-state index in [4.69, 9.17) is 29.8 Å². The van der Waals surface area contributed by atoms with E-state index >= 15 is 0 Å². The van der Waals surface area contributed by atoms with E-state index in [1.807, 2.05) is 13.8 Å². The van der Waals surface area contributed by atoms with Gasteiger partial charge in [-0.1, -0.05) is 32.8 Å². The smallest absolute Gasteiger partial charge is 0.480 e. The zero-order chi connectivity index (χ0) is 22.7. The van der Waals surface area contributed by atoms with Crippen molar-refractivity contribution in [3.8, 4) is 11.5 Å². The highest BCUT2D eigenvalue weighted by atomic mass is 16.7. The molecule has 9 nitrogen and oxygen atoms in total. The molecule has 0 aliphatic rings. The molecule has 0 saturated heterocycles. The van der Waals surface area contributed by atoms with Crippen molar-refractivity contribution >= 4 is 18.3 Å². The van der Waals surface area contributed by atoms with E-state index in [2.05, 4.69) is 0 Å². The Balaban J connectivity index is 3.00. The van der Waals surface area contributed by atoms with Gasteiger partial charge < -0.3 is 29.8 Å². The standard InChI is InChI=1S/C21H31NO8/c1-5-7-13(3)27-20(25)29-17-10-9-15(11-16(22)19(23)24)12-18(17)30-21(26)28-14(4)8-6-2/h9-10,12-14,16H,5-8,11,22H2,1-4H3,(H,23,24)/t13?,14?,16-/m0/s1. The maximum absolute atomic E-state index is 12.1. The van der Waals surface area contributed by atoms with Gasteiger partial charge in [-0.05, 0) is 50.8 Å². The molecule has 0 fully saturated rings. The van der Waals surface area contributed by atoms with Crippen molar-refractivity contribution in [1.82, 2.24) is 0 Å². The quantitative estimate of drug-likeness (QED) is 0.397. The van der Waals surface area contributed by atoms with E-state index in [1.54, 1.807) is 13.8 Å². The molecule has 0 amide bonds. The van der Waals surface area contributed by atoms with Gasteiger partial charge >= 0.3 is 18.3 Å². The molecule has 3 atom stereocenters. The molecule has 0 bridgehead atoms. The third-order valence-electron chi connectivity index (χ3n) is 4.15. The van der Waals surface area contributed by atoms with E-state index in [-0.39, 0.29) is 30.1 Å². The second-order valence-corrected chi connectivity index (χ2v) is 7.07. The van der Waals surface area contributed by atoms with Crippen molar-refractivity contribution in [1.29, 1.82) is 0 Å². The van der Waals surface area contributed by atoms with Crippen LogP contribution in [0.4, 0.5) is 9.59 Å². The summed E-state index contributed by atoms with van der Waals surface area (Å²) in [6.45, 7) is 7.39. The van der Waals surface area contributed by atoms with Crippen LogP contribution in [0.3, 0.4) is 0 Å². The molecule has 2 unspecified atom stereocenters. The highest BCUT2D eigenvalue weighted by molar-refractivity contribution is 5.74. The van der Waals surface area contributed by atoms with Gasteiger partial charge in [-0.25, -0.2) is 9.59 Å². The Kier molecular flexibility index (Phi) is 10.7. The van der Waals surface area contributed by atoms with Gasteiger partial charge in [0.15, 0.2) is 11.5 Å². The largest absolute Gasteiger partial charge is 0.514 e. The van der Waals surface area contributed by atoms with Crippen molar-refractivity contribution in [2.45, 2.75) is 78.0 Å². The minimum atomic E-state index is -1.17. The van der Waals surface area contributed by atoms with Crippen LogP contribution < -0.4 is 15.2 Å². The summed E-state index contributed by atoms with van der Waals surface area (Å²) in [6.07, 6.45) is 0.396. The molecule has 0 aliphatic heterocycles. The topological polar surface area (TPSA) is 134 Å². The van der Waals surface area contributed by atoms with Crippen LogP contribution in [0.25, 0.3) is 0 Å². The molecule has 0 radical (unpaired) electrons. The lowest BCUT2D eigenvalue weighted by molar-refractivity contribution is -0.138. The lowest BCUT2D eigenvalue weighted by Crippen LogP contribution is -2.32. The number of carbonyl (C=O) groups is 3. The predicted octanol–water partition coefficient (Wildman–Crippen LogP) is 4.05. The molecule has 1 aromatic rings. The molecule has 1 rings (SSSR count). The normalized spacial score (nSPS) is 13.6. The third kappa shape index (κ3) is 9.13. The SMILES string of the molecule is CCCC(C)OC(=O)Oc1ccc(C[C@H](N)C(=O)O)cc1OC(=O)OC(C)CCC. The first-order valence-corrected chi connectivity index (χ1v) is 10.0. The van der Waals surface area contributed by atoms with Crippen LogP contribution in [0, 0.1) is 0 Å². The first kappa shape index (κ1) is 25.2. The van der Waals surface area contributed by atoms with E-state index in [0.29, 0.717) is 18.4 Å². The molecular formula is C21H31NO8. The van der Waals surface area contributed by atoms with Crippen LogP contribution in [0.5, 0.6) is 11.5 Å². The number of nitrogens with two attached hydrogens (primary N) is 1. The molecule has 0 spiro atoms. The van der Waals surface area contributed by atoms with Crippen molar-refractivity contribution in [2.75, 3.05) is 0 Å². The van der Waals surface area contributed by atoms with Gasteiger partial charge in [-0.15, -0.1) is 0 Å². The highest BCUT2D eigenvalue weighted by Gasteiger charge is 2.20. The van der Waals surface area contributed by atoms with E-state index in [9.17, 15) is 14.4 Å². The van der Waals surface area contributed by atoms with E-state index in [0.717, 1.165) is 12.8 Å². The third-order valence-corrected chi connectivity index (χ3v) is 4.15. The zero-order valence-corrected chi connectivity index (χ0v) is 17.9. The molecule has 168 valence electrons. The number of aliphatic carboxylic acids is 1. The van der Waals surface area contributed by atoms with Gasteiger partial charge in [0.05, 0.1) is 0 Å². The van der Waals surface area contributed by atoms with Gasteiger partial charge in [-0.3, -0.25) is 4.79 Å². The number of rotatable bonds is 11. The Labute approximate surface area is 176 Å². The van der Waals surface area contributed by atoms with Crippen LogP contribution in [0.15, 0.2) is 18.2 Å². The summed E-state index contributed by atoms with van der Waals surface area (Å²) in [5.41, 5.74) is 6.04. The monoisotopic (exact) mass is 425 g/mol. The molecule has 30 heavy (non-hydrogen) atoms. The molecule has 9 heteroatoms. The summed E-state index contributed by atoms with van der Waals surface area (Å²) < 4.78 is 20.7. The molecule has 3 N–H and O–H groups in total. The van der Waals surface area contributed by atoms with Gasteiger partial charge in [0.1, 0.15) is 18.2 Å². The van der Waals surface area contributed by atoms with Crippen molar-refractivity contribution in [3.05, 3.63) is 23.8 Å². The number of carboxylic acid groups (broad SMARTS) is 1. The van der Waals surface area contributed by atoms with Gasteiger partial charge in [0.2, 0.25) is 0 Å². The Hall–Kier alpha value is -2.81.